The van der Waals surface area contributed by atoms with Gasteiger partial charge in [0.05, 0.1) is 28.8 Å². The lowest BCUT2D eigenvalue weighted by atomic mass is 9.79. The minimum atomic E-state index is -0.661. The number of esters is 1. The number of hydrogen-bond acceptors (Lipinski definition) is 7. The lowest BCUT2D eigenvalue weighted by Crippen LogP contribution is -2.29. The highest BCUT2D eigenvalue weighted by atomic mass is 16.5. The molecule has 9 nitrogen and oxygen atoms in total. The molecule has 0 saturated carbocycles. The van der Waals surface area contributed by atoms with Crippen LogP contribution in [0, 0.1) is 12.3 Å². The molecule has 9 heteroatoms. The standard InChI is InChI=1S/C17H19N3O6/c1-7(18)11(9(3)21)13-15(23)14(16(13)24)12-8(2)19-20(17(12)25)5-6-26-10(4)22/h18-19,21,23H,3,5-6H2,1-2,4H3/b13-11+,18-7?. The highest BCUT2D eigenvalue weighted by Gasteiger charge is 2.41. The van der Waals surface area contributed by atoms with Gasteiger partial charge < -0.3 is 20.4 Å². The molecule has 1 aromatic rings. The van der Waals surface area contributed by atoms with Gasteiger partial charge in [-0.3, -0.25) is 19.5 Å². The minimum absolute atomic E-state index is 0.00962. The average Bonchev–Trinajstić information content (AvgIpc) is 2.79. The van der Waals surface area contributed by atoms with Crippen molar-refractivity contribution in [1.82, 2.24) is 9.78 Å². The Labute approximate surface area is 148 Å². The first-order valence-corrected chi connectivity index (χ1v) is 7.67. The zero-order valence-electron chi connectivity index (χ0n) is 14.6. The Morgan fingerprint density at radius 2 is 1.96 bits per heavy atom. The van der Waals surface area contributed by atoms with Gasteiger partial charge in [-0.15, -0.1) is 0 Å². The van der Waals surface area contributed by atoms with Crippen molar-refractivity contribution in [2.45, 2.75) is 27.3 Å². The summed E-state index contributed by atoms with van der Waals surface area (Å²) in [6, 6.07) is 0. The second-order valence-corrected chi connectivity index (χ2v) is 5.78. The van der Waals surface area contributed by atoms with E-state index >= 15 is 0 Å². The van der Waals surface area contributed by atoms with E-state index in [2.05, 4.69) is 11.7 Å². The molecule has 0 aromatic carbocycles. The summed E-state index contributed by atoms with van der Waals surface area (Å²) in [6.45, 7) is 7.46. The summed E-state index contributed by atoms with van der Waals surface area (Å²) >= 11 is 0. The van der Waals surface area contributed by atoms with Crippen LogP contribution in [0.3, 0.4) is 0 Å². The van der Waals surface area contributed by atoms with Crippen LogP contribution in [-0.4, -0.2) is 44.1 Å². The Morgan fingerprint density at radius 3 is 2.42 bits per heavy atom. The number of carbonyl (C=O) groups is 2. The minimum Gasteiger partial charge on any atom is -0.508 e. The molecule has 1 aliphatic carbocycles. The maximum absolute atomic E-state index is 12.5. The first-order valence-electron chi connectivity index (χ1n) is 7.67. The number of aromatic nitrogens is 2. The number of ketones is 1. The van der Waals surface area contributed by atoms with Gasteiger partial charge >= 0.3 is 5.97 Å². The van der Waals surface area contributed by atoms with Crippen LogP contribution >= 0.6 is 0 Å². The molecule has 0 aliphatic heterocycles. The van der Waals surface area contributed by atoms with Crippen molar-refractivity contribution in [1.29, 1.82) is 5.41 Å². The third kappa shape index (κ3) is 3.10. The number of nitrogens with zero attached hydrogens (tertiary/aromatic N) is 1. The fourth-order valence-corrected chi connectivity index (χ4v) is 2.75. The molecule has 1 aromatic heterocycles. The summed E-state index contributed by atoms with van der Waals surface area (Å²) in [4.78, 5) is 35.8. The number of H-pyrrole nitrogens is 1. The summed E-state index contributed by atoms with van der Waals surface area (Å²) in [5.41, 5.74) is -0.959. The van der Waals surface area contributed by atoms with Gasteiger partial charge in [0.1, 0.15) is 18.1 Å². The molecule has 1 aliphatic rings. The number of rotatable bonds is 6. The first kappa shape index (κ1) is 19.0. The Morgan fingerprint density at radius 1 is 1.35 bits per heavy atom. The van der Waals surface area contributed by atoms with Crippen LogP contribution in [-0.2, 0) is 20.9 Å². The zero-order valence-corrected chi connectivity index (χ0v) is 14.6. The number of aromatic amines is 1. The molecule has 1 heterocycles. The van der Waals surface area contributed by atoms with Gasteiger partial charge in [0, 0.05) is 18.3 Å². The third-order valence-corrected chi connectivity index (χ3v) is 3.85. The summed E-state index contributed by atoms with van der Waals surface area (Å²) in [6.07, 6.45) is 0. The summed E-state index contributed by atoms with van der Waals surface area (Å²) in [5, 5.41) is 30.2. The van der Waals surface area contributed by atoms with Crippen molar-refractivity contribution >= 4 is 23.0 Å². The molecular weight excluding hydrogens is 342 g/mol. The van der Waals surface area contributed by atoms with Gasteiger partial charge in [0.25, 0.3) is 5.56 Å². The van der Waals surface area contributed by atoms with E-state index in [-0.39, 0.29) is 41.1 Å². The second kappa shape index (κ2) is 6.87. The molecule has 4 N–H and O–H groups in total. The van der Waals surface area contributed by atoms with Crippen molar-refractivity contribution in [3.63, 3.8) is 0 Å². The smallest absolute Gasteiger partial charge is 0.302 e. The fourth-order valence-electron chi connectivity index (χ4n) is 2.75. The average molecular weight is 361 g/mol. The number of Topliss-reactive ketones (excluding diaryl/α,β-unsaturated/α-hetero) is 1. The molecule has 0 bridgehead atoms. The lowest BCUT2D eigenvalue weighted by molar-refractivity contribution is -0.141. The molecular formula is C17H19N3O6. The highest BCUT2D eigenvalue weighted by Crippen LogP contribution is 2.38. The summed E-state index contributed by atoms with van der Waals surface area (Å²) < 4.78 is 5.94. The molecule has 0 unspecified atom stereocenters. The number of allylic oxidation sites excluding steroid dienone is 3. The molecule has 0 spiro atoms. The van der Waals surface area contributed by atoms with Crippen LogP contribution in [0.4, 0.5) is 0 Å². The van der Waals surface area contributed by atoms with Crippen LogP contribution in [0.15, 0.2) is 34.0 Å². The third-order valence-electron chi connectivity index (χ3n) is 3.85. The maximum atomic E-state index is 12.5. The summed E-state index contributed by atoms with van der Waals surface area (Å²) in [7, 11) is 0. The van der Waals surface area contributed by atoms with Crippen LogP contribution in [0.5, 0.6) is 0 Å². The van der Waals surface area contributed by atoms with Crippen molar-refractivity contribution in [2.75, 3.05) is 6.61 Å². The van der Waals surface area contributed by atoms with Crippen LogP contribution in [0.2, 0.25) is 0 Å². The van der Waals surface area contributed by atoms with Crippen LogP contribution in [0.1, 0.15) is 25.1 Å². The second-order valence-electron chi connectivity index (χ2n) is 5.78. The Kier molecular flexibility index (Phi) is 5.01. The number of nitrogens with one attached hydrogen (secondary N) is 2. The molecule has 0 atom stereocenters. The molecule has 0 saturated heterocycles. The molecule has 138 valence electrons. The molecule has 0 radical (unpaired) electrons. The lowest BCUT2D eigenvalue weighted by Gasteiger charge is -2.23. The van der Waals surface area contributed by atoms with E-state index in [4.69, 9.17) is 10.1 Å². The summed E-state index contributed by atoms with van der Waals surface area (Å²) in [5.74, 6) is -2.13. The van der Waals surface area contributed by atoms with Crippen molar-refractivity contribution in [2.24, 2.45) is 0 Å². The van der Waals surface area contributed by atoms with Gasteiger partial charge in [0.15, 0.2) is 0 Å². The first-order chi connectivity index (χ1) is 12.1. The van der Waals surface area contributed by atoms with Crippen LogP contribution in [0.25, 0.3) is 5.57 Å². The number of aliphatic hydroxyl groups excluding tert-OH is 2. The van der Waals surface area contributed by atoms with E-state index in [0.717, 1.165) is 4.68 Å². The van der Waals surface area contributed by atoms with Gasteiger partial charge in [-0.2, -0.15) is 0 Å². The van der Waals surface area contributed by atoms with Gasteiger partial charge in [-0.25, -0.2) is 4.68 Å². The Balaban J connectivity index is 2.49. The largest absolute Gasteiger partial charge is 0.508 e. The quantitative estimate of drug-likeness (QED) is 0.260. The predicted octanol–water partition coefficient (Wildman–Crippen LogP) is 1.31. The number of ether oxygens (including phenoxy) is 1. The van der Waals surface area contributed by atoms with E-state index in [1.165, 1.54) is 13.8 Å². The Hall–Kier alpha value is -3.36. The topological polar surface area (TPSA) is 145 Å². The number of aliphatic hydroxyl groups is 2. The number of aryl methyl sites for hydroxylation is 1. The van der Waals surface area contributed by atoms with Gasteiger partial charge in [-0.05, 0) is 13.8 Å². The normalized spacial score (nSPS) is 15.6. The van der Waals surface area contributed by atoms with E-state index in [0.29, 0.717) is 5.69 Å². The fraction of sp³-hybridized carbons (Fsp3) is 0.294. The number of carbonyl (C=O) groups excluding carboxylic acids is 2. The van der Waals surface area contributed by atoms with Crippen LogP contribution < -0.4 is 5.56 Å². The maximum Gasteiger partial charge on any atom is 0.302 e. The van der Waals surface area contributed by atoms with Crippen molar-refractivity contribution in [3.05, 3.63) is 50.9 Å². The van der Waals surface area contributed by atoms with Gasteiger partial charge in [-0.1, -0.05) is 6.58 Å². The molecule has 0 amide bonds. The molecule has 2 rings (SSSR count). The van der Waals surface area contributed by atoms with E-state index in [9.17, 15) is 24.6 Å². The van der Waals surface area contributed by atoms with E-state index < -0.39 is 28.8 Å². The molecule has 0 fully saturated rings. The monoisotopic (exact) mass is 361 g/mol. The predicted molar refractivity (Wildman–Crippen MR) is 93.2 cm³/mol. The van der Waals surface area contributed by atoms with E-state index in [1.54, 1.807) is 6.92 Å². The zero-order chi connectivity index (χ0) is 19.8. The Bertz CT molecular complexity index is 942. The number of hydrogen-bond donors (Lipinski definition) is 4. The molecule has 26 heavy (non-hydrogen) atoms. The van der Waals surface area contributed by atoms with Crippen molar-refractivity contribution in [3.8, 4) is 0 Å². The highest BCUT2D eigenvalue weighted by molar-refractivity contribution is 6.40. The van der Waals surface area contributed by atoms with E-state index in [1.807, 2.05) is 0 Å². The van der Waals surface area contributed by atoms with Crippen molar-refractivity contribution < 1.29 is 24.5 Å². The van der Waals surface area contributed by atoms with Gasteiger partial charge in [0.2, 0.25) is 5.78 Å². The SMILES string of the molecule is C=C(O)/C(C(C)=N)=C1/C(=O)C(c2c(C)[nH]n(CCOC(C)=O)c2=O)=C1O.